The maximum Gasteiger partial charge on any atom is 0.417 e. The Balaban J connectivity index is 3.53. The predicted octanol–water partition coefficient (Wildman–Crippen LogP) is 2.94. The van der Waals surface area contributed by atoms with Gasteiger partial charge >= 0.3 is 12.1 Å². The summed E-state index contributed by atoms with van der Waals surface area (Å²) in [6, 6.07) is 3.24. The van der Waals surface area contributed by atoms with E-state index < -0.39 is 29.7 Å². The Morgan fingerprint density at radius 2 is 2.06 bits per heavy atom. The van der Waals surface area contributed by atoms with Gasteiger partial charge in [0.05, 0.1) is 17.5 Å². The first-order valence-electron chi connectivity index (χ1n) is 4.71. The van der Waals surface area contributed by atoms with Crippen LogP contribution in [0.15, 0.2) is 12.1 Å². The lowest BCUT2D eigenvalue weighted by atomic mass is 9.95. The van der Waals surface area contributed by atoms with Crippen LogP contribution in [-0.2, 0) is 23.3 Å². The molecule has 0 heterocycles. The fourth-order valence-electron chi connectivity index (χ4n) is 1.53. The summed E-state index contributed by atoms with van der Waals surface area (Å²) < 4.78 is 38.0. The molecule has 1 aromatic carbocycles. The lowest BCUT2D eigenvalue weighted by Gasteiger charge is -2.14. The Morgan fingerprint density at radius 3 is 2.44 bits per heavy atom. The first kappa shape index (κ1) is 14.3. The second kappa shape index (κ2) is 5.27. The largest absolute Gasteiger partial charge is 0.481 e. The van der Waals surface area contributed by atoms with E-state index in [0.717, 1.165) is 12.1 Å². The third kappa shape index (κ3) is 2.93. The molecule has 0 aliphatic rings. The van der Waals surface area contributed by atoms with Crippen molar-refractivity contribution in [1.82, 2.24) is 0 Å². The molecular formula is C11H7ClF3NO2. The van der Waals surface area contributed by atoms with Gasteiger partial charge in [0.15, 0.2) is 0 Å². The van der Waals surface area contributed by atoms with Gasteiger partial charge in [0.1, 0.15) is 6.07 Å². The van der Waals surface area contributed by atoms with E-state index in [-0.39, 0.29) is 17.0 Å². The first-order chi connectivity index (χ1) is 8.31. The lowest BCUT2D eigenvalue weighted by molar-refractivity contribution is -0.139. The number of hydrogen-bond donors (Lipinski definition) is 1. The van der Waals surface area contributed by atoms with Gasteiger partial charge in [-0.3, -0.25) is 4.79 Å². The van der Waals surface area contributed by atoms with E-state index in [2.05, 4.69) is 0 Å². The molecule has 0 fully saturated rings. The van der Waals surface area contributed by atoms with Crippen molar-refractivity contribution in [3.63, 3.8) is 0 Å². The van der Waals surface area contributed by atoms with E-state index in [1.165, 1.54) is 6.07 Å². The highest BCUT2D eigenvalue weighted by Crippen LogP contribution is 2.34. The molecule has 0 aliphatic carbocycles. The van der Waals surface area contributed by atoms with Crippen molar-refractivity contribution in [2.45, 2.75) is 18.5 Å². The monoisotopic (exact) mass is 277 g/mol. The molecular weight excluding hydrogens is 271 g/mol. The highest BCUT2D eigenvalue weighted by atomic mass is 35.5. The zero-order valence-corrected chi connectivity index (χ0v) is 9.64. The van der Waals surface area contributed by atoms with Crippen LogP contribution in [0, 0.1) is 11.3 Å². The van der Waals surface area contributed by atoms with Crippen LogP contribution < -0.4 is 0 Å². The number of benzene rings is 1. The highest BCUT2D eigenvalue weighted by molar-refractivity contribution is 6.17. The number of carboxylic acids is 1. The molecule has 0 saturated heterocycles. The van der Waals surface area contributed by atoms with Crippen LogP contribution in [0.25, 0.3) is 0 Å². The third-order valence-corrected chi connectivity index (χ3v) is 2.59. The van der Waals surface area contributed by atoms with Gasteiger partial charge in [0.2, 0.25) is 0 Å². The molecule has 1 N–H and O–H groups in total. The van der Waals surface area contributed by atoms with Gasteiger partial charge < -0.3 is 5.11 Å². The predicted molar refractivity (Wildman–Crippen MR) is 57.1 cm³/mol. The van der Waals surface area contributed by atoms with E-state index >= 15 is 0 Å². The van der Waals surface area contributed by atoms with Gasteiger partial charge in [0, 0.05) is 5.88 Å². The number of carboxylic acid groups (broad SMARTS) is 1. The van der Waals surface area contributed by atoms with Crippen molar-refractivity contribution in [1.29, 1.82) is 5.26 Å². The number of alkyl halides is 4. The summed E-state index contributed by atoms with van der Waals surface area (Å²) in [5.74, 6) is -1.48. The molecule has 18 heavy (non-hydrogen) atoms. The van der Waals surface area contributed by atoms with Gasteiger partial charge in [-0.25, -0.2) is 0 Å². The molecule has 0 saturated carbocycles. The van der Waals surface area contributed by atoms with Crippen LogP contribution >= 0.6 is 11.6 Å². The summed E-state index contributed by atoms with van der Waals surface area (Å²) >= 11 is 5.53. The van der Waals surface area contributed by atoms with E-state index in [1.807, 2.05) is 0 Å². The van der Waals surface area contributed by atoms with Gasteiger partial charge in [-0.1, -0.05) is 6.07 Å². The fourth-order valence-corrected chi connectivity index (χ4v) is 1.78. The van der Waals surface area contributed by atoms with E-state index in [1.54, 1.807) is 0 Å². The summed E-state index contributed by atoms with van der Waals surface area (Å²) in [5, 5.41) is 17.5. The Kier molecular flexibility index (Phi) is 4.19. The Hall–Kier alpha value is -1.74. The molecule has 0 atom stereocenters. The van der Waals surface area contributed by atoms with Crippen LogP contribution in [0.1, 0.15) is 22.3 Å². The quantitative estimate of drug-likeness (QED) is 0.864. The second-order valence-corrected chi connectivity index (χ2v) is 3.71. The van der Waals surface area contributed by atoms with Crippen LogP contribution in [0.3, 0.4) is 0 Å². The third-order valence-electron chi connectivity index (χ3n) is 2.30. The lowest BCUT2D eigenvalue weighted by Crippen LogP contribution is -2.13. The zero-order valence-electron chi connectivity index (χ0n) is 8.88. The van der Waals surface area contributed by atoms with Crippen LogP contribution in [0.2, 0.25) is 0 Å². The number of halogens is 4. The van der Waals surface area contributed by atoms with E-state index in [4.69, 9.17) is 22.0 Å². The van der Waals surface area contributed by atoms with Crippen molar-refractivity contribution >= 4 is 17.6 Å². The van der Waals surface area contributed by atoms with Crippen molar-refractivity contribution < 1.29 is 23.1 Å². The van der Waals surface area contributed by atoms with Crippen molar-refractivity contribution in [2.24, 2.45) is 0 Å². The normalized spacial score (nSPS) is 11.1. The minimum Gasteiger partial charge on any atom is -0.481 e. The van der Waals surface area contributed by atoms with Crippen molar-refractivity contribution in [2.75, 3.05) is 0 Å². The molecule has 0 bridgehead atoms. The molecule has 0 aliphatic heterocycles. The summed E-state index contributed by atoms with van der Waals surface area (Å²) in [5.41, 5.74) is -1.79. The topological polar surface area (TPSA) is 61.1 Å². The molecule has 1 rings (SSSR count). The second-order valence-electron chi connectivity index (χ2n) is 3.44. The van der Waals surface area contributed by atoms with Crippen LogP contribution in [-0.4, -0.2) is 11.1 Å². The Morgan fingerprint density at radius 1 is 1.44 bits per heavy atom. The first-order valence-corrected chi connectivity index (χ1v) is 5.24. The van der Waals surface area contributed by atoms with E-state index in [0.29, 0.717) is 0 Å². The van der Waals surface area contributed by atoms with Gasteiger partial charge in [-0.2, -0.15) is 18.4 Å². The number of aliphatic carboxylic acids is 1. The average Bonchev–Trinajstić information content (AvgIpc) is 2.26. The summed E-state index contributed by atoms with van der Waals surface area (Å²) in [6.07, 6.45) is -5.38. The van der Waals surface area contributed by atoms with Gasteiger partial charge in [0.25, 0.3) is 0 Å². The van der Waals surface area contributed by atoms with Gasteiger partial charge in [-0.05, 0) is 17.2 Å². The number of carbonyl (C=O) groups is 1. The minimum atomic E-state index is -4.71. The average molecular weight is 278 g/mol. The minimum absolute atomic E-state index is 0.157. The Bertz CT molecular complexity index is 520. The van der Waals surface area contributed by atoms with Crippen molar-refractivity contribution in [3.05, 3.63) is 34.4 Å². The summed E-state index contributed by atoms with van der Waals surface area (Å²) in [6.45, 7) is 0. The maximum absolute atomic E-state index is 12.7. The molecule has 0 amide bonds. The molecule has 7 heteroatoms. The molecule has 96 valence electrons. The summed E-state index contributed by atoms with van der Waals surface area (Å²) in [7, 11) is 0. The number of nitriles is 1. The molecule has 0 unspecified atom stereocenters. The summed E-state index contributed by atoms with van der Waals surface area (Å²) in [4.78, 5) is 10.6. The number of rotatable bonds is 3. The molecule has 0 spiro atoms. The number of hydrogen-bond acceptors (Lipinski definition) is 2. The molecule has 0 aromatic heterocycles. The number of nitrogens with zero attached hydrogens (tertiary/aromatic N) is 1. The molecule has 3 nitrogen and oxygen atoms in total. The standard InChI is InChI=1S/C11H7ClF3NO2/c12-4-6-1-2-9(11(13,14)15)8(5-16)7(6)3-10(17)18/h1-2H,3-4H2,(H,17,18). The fraction of sp³-hybridized carbons (Fsp3) is 0.273. The zero-order chi connectivity index (χ0) is 13.9. The van der Waals surface area contributed by atoms with Gasteiger partial charge in [-0.15, -0.1) is 11.6 Å². The van der Waals surface area contributed by atoms with Crippen molar-refractivity contribution in [3.8, 4) is 6.07 Å². The SMILES string of the molecule is N#Cc1c(C(F)(F)F)ccc(CCl)c1CC(=O)O. The molecule has 1 aromatic rings. The maximum atomic E-state index is 12.7. The highest BCUT2D eigenvalue weighted by Gasteiger charge is 2.35. The smallest absolute Gasteiger partial charge is 0.417 e. The Labute approximate surface area is 105 Å². The van der Waals surface area contributed by atoms with E-state index in [9.17, 15) is 18.0 Å². The molecule has 0 radical (unpaired) electrons. The van der Waals surface area contributed by atoms with Crippen LogP contribution in [0.4, 0.5) is 13.2 Å². The van der Waals surface area contributed by atoms with Crippen LogP contribution in [0.5, 0.6) is 0 Å².